The average Bonchev–Trinajstić information content (AvgIpc) is 3.12. The van der Waals surface area contributed by atoms with Gasteiger partial charge in [0.1, 0.15) is 23.9 Å². The summed E-state index contributed by atoms with van der Waals surface area (Å²) in [6.07, 6.45) is 1.62. The van der Waals surface area contributed by atoms with Gasteiger partial charge in [0.25, 0.3) is 11.7 Å². The highest BCUT2D eigenvalue weighted by molar-refractivity contribution is 6.46. The highest BCUT2D eigenvalue weighted by Crippen LogP contribution is 2.39. The fourth-order valence-electron chi connectivity index (χ4n) is 4.20. The molecule has 1 N–H and O–H groups in total. The molecule has 0 aromatic heterocycles. The van der Waals surface area contributed by atoms with Crippen LogP contribution >= 0.6 is 0 Å². The molecule has 4 rings (SSSR count). The van der Waals surface area contributed by atoms with Gasteiger partial charge in [-0.3, -0.25) is 14.5 Å². The molecule has 34 heavy (non-hydrogen) atoms. The normalized spacial score (nSPS) is 20.5. The first kappa shape index (κ1) is 23.7. The SMILES string of the molecule is C=CCOc1ccc(/C(O)=C2\C(=O)C(=O)N(CCN3CCOCC3)[C@H]2c2ccc(F)cc2)cc1. The summed E-state index contributed by atoms with van der Waals surface area (Å²) < 4.78 is 24.5. The van der Waals surface area contributed by atoms with E-state index in [1.165, 1.54) is 29.2 Å². The van der Waals surface area contributed by atoms with E-state index in [1.807, 2.05) is 0 Å². The predicted molar refractivity (Wildman–Crippen MR) is 125 cm³/mol. The van der Waals surface area contributed by atoms with Crippen molar-refractivity contribution >= 4 is 17.4 Å². The number of likely N-dealkylation sites (tertiary alicyclic amines) is 1. The summed E-state index contributed by atoms with van der Waals surface area (Å²) in [5.41, 5.74) is 0.914. The number of ketones is 1. The molecule has 1 atom stereocenters. The number of hydrogen-bond donors (Lipinski definition) is 1. The zero-order chi connectivity index (χ0) is 24.1. The number of rotatable bonds is 8. The minimum atomic E-state index is -0.821. The molecule has 7 nitrogen and oxygen atoms in total. The molecule has 178 valence electrons. The Labute approximate surface area is 197 Å². The van der Waals surface area contributed by atoms with Crippen molar-refractivity contribution < 1.29 is 28.6 Å². The molecule has 2 aromatic carbocycles. The molecule has 2 saturated heterocycles. The van der Waals surface area contributed by atoms with Crippen molar-refractivity contribution in [3.63, 3.8) is 0 Å². The lowest BCUT2D eigenvalue weighted by atomic mass is 9.95. The van der Waals surface area contributed by atoms with E-state index in [9.17, 15) is 19.1 Å². The number of hydrogen-bond acceptors (Lipinski definition) is 6. The Bertz CT molecular complexity index is 1080. The van der Waals surface area contributed by atoms with E-state index in [0.29, 0.717) is 43.2 Å². The number of Topliss-reactive ketones (excluding diaryl/α,β-unsaturated/α-hetero) is 1. The molecule has 0 aliphatic carbocycles. The lowest BCUT2D eigenvalue weighted by molar-refractivity contribution is -0.140. The molecule has 2 fully saturated rings. The van der Waals surface area contributed by atoms with Gasteiger partial charge in [-0.25, -0.2) is 4.39 Å². The predicted octanol–water partition coefficient (Wildman–Crippen LogP) is 3.14. The molecule has 0 radical (unpaired) electrons. The van der Waals surface area contributed by atoms with E-state index in [1.54, 1.807) is 30.3 Å². The first-order chi connectivity index (χ1) is 16.5. The number of nitrogens with zero attached hydrogens (tertiary/aromatic N) is 2. The van der Waals surface area contributed by atoms with Gasteiger partial charge in [-0.05, 0) is 42.0 Å². The van der Waals surface area contributed by atoms with Gasteiger partial charge in [0.2, 0.25) is 0 Å². The summed E-state index contributed by atoms with van der Waals surface area (Å²) in [6, 6.07) is 11.4. The summed E-state index contributed by atoms with van der Waals surface area (Å²) in [6.45, 7) is 7.51. The second kappa shape index (κ2) is 10.6. The molecule has 0 saturated carbocycles. The van der Waals surface area contributed by atoms with Gasteiger partial charge in [0.05, 0.1) is 24.8 Å². The van der Waals surface area contributed by atoms with Gasteiger partial charge in [-0.2, -0.15) is 0 Å². The molecule has 0 unspecified atom stereocenters. The number of amides is 1. The lowest BCUT2D eigenvalue weighted by Gasteiger charge is -2.31. The molecule has 2 aliphatic rings. The van der Waals surface area contributed by atoms with Crippen LogP contribution in [-0.2, 0) is 14.3 Å². The first-order valence-corrected chi connectivity index (χ1v) is 11.2. The highest BCUT2D eigenvalue weighted by Gasteiger charge is 2.46. The van der Waals surface area contributed by atoms with Crippen LogP contribution in [0.1, 0.15) is 17.2 Å². The van der Waals surface area contributed by atoms with E-state index in [2.05, 4.69) is 11.5 Å². The van der Waals surface area contributed by atoms with E-state index >= 15 is 0 Å². The molecule has 0 spiro atoms. The van der Waals surface area contributed by atoms with Gasteiger partial charge in [0.15, 0.2) is 0 Å². The second-order valence-electron chi connectivity index (χ2n) is 8.12. The van der Waals surface area contributed by atoms with Crippen molar-refractivity contribution in [2.75, 3.05) is 46.0 Å². The number of halogens is 1. The number of morpholine rings is 1. The van der Waals surface area contributed by atoms with Gasteiger partial charge in [-0.1, -0.05) is 24.8 Å². The van der Waals surface area contributed by atoms with Crippen molar-refractivity contribution in [1.29, 1.82) is 0 Å². The van der Waals surface area contributed by atoms with Crippen LogP contribution in [0.3, 0.4) is 0 Å². The number of aliphatic hydroxyl groups is 1. The van der Waals surface area contributed by atoms with Crippen LogP contribution in [0.2, 0.25) is 0 Å². The Morgan fingerprint density at radius 3 is 2.41 bits per heavy atom. The van der Waals surface area contributed by atoms with Crippen LogP contribution in [0, 0.1) is 5.82 Å². The molecular formula is C26H27FN2O5. The van der Waals surface area contributed by atoms with Crippen molar-refractivity contribution in [3.8, 4) is 5.75 Å². The maximum atomic E-state index is 13.6. The molecule has 8 heteroatoms. The van der Waals surface area contributed by atoms with Crippen LogP contribution in [-0.4, -0.2) is 72.6 Å². The molecular weight excluding hydrogens is 439 g/mol. The standard InChI is InChI=1S/C26H27FN2O5/c1-2-15-34-21-9-5-19(6-10-21)24(30)22-23(18-3-7-20(27)8-4-18)29(26(32)25(22)31)12-11-28-13-16-33-17-14-28/h2-10,23,30H,1,11-17H2/b24-22+/t23-/m0/s1. The fraction of sp³-hybridized carbons (Fsp3) is 0.308. The van der Waals surface area contributed by atoms with Gasteiger partial charge in [-0.15, -0.1) is 0 Å². The summed E-state index contributed by atoms with van der Waals surface area (Å²) in [5.74, 6) is -1.57. The summed E-state index contributed by atoms with van der Waals surface area (Å²) >= 11 is 0. The van der Waals surface area contributed by atoms with Gasteiger partial charge < -0.3 is 19.5 Å². The fourth-order valence-corrected chi connectivity index (χ4v) is 4.20. The topological polar surface area (TPSA) is 79.3 Å². The van der Waals surface area contributed by atoms with Gasteiger partial charge in [0, 0.05) is 31.7 Å². The number of carbonyl (C=O) groups excluding carboxylic acids is 2. The quantitative estimate of drug-likeness (QED) is 0.279. The third-order valence-corrected chi connectivity index (χ3v) is 5.98. The smallest absolute Gasteiger partial charge is 0.295 e. The van der Waals surface area contributed by atoms with E-state index in [4.69, 9.17) is 9.47 Å². The number of ether oxygens (including phenoxy) is 2. The maximum Gasteiger partial charge on any atom is 0.295 e. The summed E-state index contributed by atoms with van der Waals surface area (Å²) in [4.78, 5) is 29.7. The number of benzene rings is 2. The third-order valence-electron chi connectivity index (χ3n) is 5.98. The van der Waals surface area contributed by atoms with E-state index in [-0.39, 0.29) is 17.9 Å². The van der Waals surface area contributed by atoms with Crippen molar-refractivity contribution in [2.45, 2.75) is 6.04 Å². The van der Waals surface area contributed by atoms with Crippen LogP contribution < -0.4 is 4.74 Å². The van der Waals surface area contributed by atoms with Crippen molar-refractivity contribution in [2.24, 2.45) is 0 Å². The minimum absolute atomic E-state index is 0.0154. The Morgan fingerprint density at radius 1 is 1.09 bits per heavy atom. The van der Waals surface area contributed by atoms with Crippen LogP contribution in [0.4, 0.5) is 4.39 Å². The second-order valence-corrected chi connectivity index (χ2v) is 8.12. The summed E-state index contributed by atoms with van der Waals surface area (Å²) in [5, 5.41) is 11.1. The number of carbonyl (C=O) groups is 2. The largest absolute Gasteiger partial charge is 0.507 e. The molecule has 1 amide bonds. The van der Waals surface area contributed by atoms with E-state index < -0.39 is 23.5 Å². The monoisotopic (exact) mass is 466 g/mol. The Morgan fingerprint density at radius 2 is 1.76 bits per heavy atom. The van der Waals surface area contributed by atoms with Crippen LogP contribution in [0.5, 0.6) is 5.75 Å². The van der Waals surface area contributed by atoms with Crippen LogP contribution in [0.15, 0.2) is 66.8 Å². The lowest BCUT2D eigenvalue weighted by Crippen LogP contribution is -2.42. The highest BCUT2D eigenvalue weighted by atomic mass is 19.1. The van der Waals surface area contributed by atoms with E-state index in [0.717, 1.165) is 13.1 Å². The van der Waals surface area contributed by atoms with Gasteiger partial charge >= 0.3 is 0 Å². The molecule has 2 aliphatic heterocycles. The summed E-state index contributed by atoms with van der Waals surface area (Å²) in [7, 11) is 0. The molecule has 0 bridgehead atoms. The first-order valence-electron chi connectivity index (χ1n) is 11.2. The Kier molecular flexibility index (Phi) is 7.40. The zero-order valence-electron chi connectivity index (χ0n) is 18.8. The maximum absolute atomic E-state index is 13.6. The average molecular weight is 467 g/mol. The number of aliphatic hydroxyl groups excluding tert-OH is 1. The van der Waals surface area contributed by atoms with Crippen molar-refractivity contribution in [3.05, 3.63) is 83.7 Å². The van der Waals surface area contributed by atoms with Crippen molar-refractivity contribution in [1.82, 2.24) is 9.80 Å². The molecule has 2 heterocycles. The zero-order valence-corrected chi connectivity index (χ0v) is 18.8. The van der Waals surface area contributed by atoms with Crippen LogP contribution in [0.25, 0.3) is 5.76 Å². The molecule has 2 aromatic rings. The third kappa shape index (κ3) is 5.03. The Hall–Kier alpha value is -3.49. The Balaban J connectivity index is 1.68. The minimum Gasteiger partial charge on any atom is -0.507 e.